The topological polar surface area (TPSA) is 53.5 Å². The van der Waals surface area contributed by atoms with Gasteiger partial charge in [-0.15, -0.1) is 0 Å². The minimum absolute atomic E-state index is 0.256. The molecule has 1 aromatic rings. The zero-order valence-corrected chi connectivity index (χ0v) is 13.0. The van der Waals surface area contributed by atoms with Crippen LogP contribution in [0, 0.1) is 5.92 Å². The number of rotatable bonds is 2. The summed E-state index contributed by atoms with van der Waals surface area (Å²) in [6.45, 7) is 0.544. The second-order valence-electron chi connectivity index (χ2n) is 4.84. The lowest BCUT2D eigenvalue weighted by atomic mass is 9.94. The van der Waals surface area contributed by atoms with Gasteiger partial charge in [0.2, 0.25) is 5.96 Å². The molecule has 4 nitrogen and oxygen atoms in total. The normalized spacial score (nSPS) is 23.2. The van der Waals surface area contributed by atoms with E-state index in [0.29, 0.717) is 28.2 Å². The predicted molar refractivity (Wildman–Crippen MR) is 90.4 cm³/mol. The van der Waals surface area contributed by atoms with Crippen molar-refractivity contribution in [1.29, 1.82) is 0 Å². The summed E-state index contributed by atoms with van der Waals surface area (Å²) in [7, 11) is 0. The van der Waals surface area contributed by atoms with E-state index in [4.69, 9.17) is 23.2 Å². The van der Waals surface area contributed by atoms with E-state index < -0.39 is 0 Å². The number of guanidine groups is 1. The third kappa shape index (κ3) is 2.93. The number of carbonyl (C=O) groups excluding carboxylic acids is 1. The summed E-state index contributed by atoms with van der Waals surface area (Å²) in [4.78, 5) is 15.7. The highest BCUT2D eigenvalue weighted by atomic mass is 35.5. The Kier molecular flexibility index (Phi) is 4.32. The molecule has 6 heteroatoms. The molecule has 0 saturated carbocycles. The molecule has 112 valence electrons. The van der Waals surface area contributed by atoms with E-state index >= 15 is 0 Å². The van der Waals surface area contributed by atoms with Gasteiger partial charge in [0, 0.05) is 0 Å². The van der Waals surface area contributed by atoms with Gasteiger partial charge in [-0.1, -0.05) is 53.6 Å². The smallest absolute Gasteiger partial charge is 0.201 e. The highest BCUT2D eigenvalue weighted by Crippen LogP contribution is 2.30. The highest BCUT2D eigenvalue weighted by Gasteiger charge is 2.20. The molecule has 1 unspecified atom stereocenters. The maximum absolute atomic E-state index is 11.2. The van der Waals surface area contributed by atoms with Crippen LogP contribution in [0.2, 0.25) is 10.0 Å². The maximum atomic E-state index is 11.2. The number of nitrogens with zero attached hydrogens (tertiary/aromatic N) is 1. The number of hydrogen-bond donors (Lipinski definition) is 2. The Labute approximate surface area is 138 Å². The molecule has 1 heterocycles. The maximum Gasteiger partial charge on any atom is 0.201 e. The Balaban J connectivity index is 1.87. The lowest BCUT2D eigenvalue weighted by Gasteiger charge is -2.11. The number of hydrogen-bond acceptors (Lipinski definition) is 4. The monoisotopic (exact) mass is 333 g/mol. The molecule has 1 aliphatic carbocycles. The van der Waals surface area contributed by atoms with Crippen molar-refractivity contribution in [2.75, 3.05) is 11.9 Å². The van der Waals surface area contributed by atoms with Crippen molar-refractivity contribution >= 4 is 41.1 Å². The van der Waals surface area contributed by atoms with Gasteiger partial charge in [-0.3, -0.25) is 0 Å². The fraction of sp³-hybridized carbons (Fsp3) is 0.125. The SMILES string of the molecule is O=CC1C=CC=CC1=C1CNC(Nc2c(Cl)cccc2Cl)=N1. The summed E-state index contributed by atoms with van der Waals surface area (Å²) >= 11 is 12.3. The third-order valence-corrected chi connectivity index (χ3v) is 4.05. The summed E-state index contributed by atoms with van der Waals surface area (Å²) < 4.78 is 0. The number of nitrogens with one attached hydrogen (secondary N) is 2. The van der Waals surface area contributed by atoms with Crippen LogP contribution < -0.4 is 10.6 Å². The minimum Gasteiger partial charge on any atom is -0.350 e. The highest BCUT2D eigenvalue weighted by molar-refractivity contribution is 6.39. The van der Waals surface area contributed by atoms with Gasteiger partial charge >= 0.3 is 0 Å². The van der Waals surface area contributed by atoms with Crippen LogP contribution in [-0.4, -0.2) is 18.8 Å². The van der Waals surface area contributed by atoms with Crippen molar-refractivity contribution < 1.29 is 4.79 Å². The number of carbonyl (C=O) groups is 1. The van der Waals surface area contributed by atoms with Gasteiger partial charge in [-0.2, -0.15) is 0 Å². The Morgan fingerprint density at radius 1 is 1.27 bits per heavy atom. The summed E-state index contributed by atoms with van der Waals surface area (Å²) in [6.07, 6.45) is 8.42. The van der Waals surface area contributed by atoms with Crippen molar-refractivity contribution in [3.8, 4) is 0 Å². The predicted octanol–water partition coefficient (Wildman–Crippen LogP) is 3.56. The van der Waals surface area contributed by atoms with Crippen molar-refractivity contribution in [1.82, 2.24) is 5.32 Å². The van der Waals surface area contributed by atoms with Gasteiger partial charge in [0.05, 0.1) is 33.9 Å². The van der Waals surface area contributed by atoms with Gasteiger partial charge in [-0.25, -0.2) is 4.99 Å². The lowest BCUT2D eigenvalue weighted by Crippen LogP contribution is -2.26. The molecule has 0 spiro atoms. The van der Waals surface area contributed by atoms with Gasteiger partial charge in [0.1, 0.15) is 6.29 Å². The molecular formula is C16H13Cl2N3O. The van der Waals surface area contributed by atoms with Crippen molar-refractivity contribution in [2.24, 2.45) is 10.9 Å². The van der Waals surface area contributed by atoms with Crippen molar-refractivity contribution in [3.63, 3.8) is 0 Å². The first kappa shape index (κ1) is 14.9. The van der Waals surface area contributed by atoms with Crippen molar-refractivity contribution in [2.45, 2.75) is 0 Å². The third-order valence-electron chi connectivity index (χ3n) is 3.42. The Morgan fingerprint density at radius 2 is 2.05 bits per heavy atom. The minimum atomic E-state index is -0.256. The molecule has 1 atom stereocenters. The first-order valence-electron chi connectivity index (χ1n) is 6.76. The molecule has 1 aromatic carbocycles. The summed E-state index contributed by atoms with van der Waals surface area (Å²) in [5.41, 5.74) is 2.32. The van der Waals surface area contributed by atoms with Crippen LogP contribution >= 0.6 is 23.2 Å². The average molecular weight is 334 g/mol. The molecular weight excluding hydrogens is 321 g/mol. The first-order chi connectivity index (χ1) is 10.7. The number of halogens is 2. The summed E-state index contributed by atoms with van der Waals surface area (Å²) in [5, 5.41) is 7.27. The molecule has 3 rings (SSSR count). The van der Waals surface area contributed by atoms with Crippen molar-refractivity contribution in [3.05, 3.63) is 63.8 Å². The average Bonchev–Trinajstić information content (AvgIpc) is 2.99. The van der Waals surface area contributed by atoms with Crippen LogP contribution in [0.25, 0.3) is 0 Å². The zero-order chi connectivity index (χ0) is 15.5. The number of allylic oxidation sites excluding steroid dienone is 5. The number of aliphatic imine (C=N–C) groups is 1. The zero-order valence-electron chi connectivity index (χ0n) is 11.5. The van der Waals surface area contributed by atoms with E-state index in [0.717, 1.165) is 17.6 Å². The molecule has 0 bridgehead atoms. The molecule has 1 aliphatic heterocycles. The molecule has 0 amide bonds. The molecule has 0 radical (unpaired) electrons. The molecule has 0 aromatic heterocycles. The number of aldehydes is 1. The fourth-order valence-electron chi connectivity index (χ4n) is 2.32. The molecule has 0 fully saturated rings. The van der Waals surface area contributed by atoms with Crippen LogP contribution in [-0.2, 0) is 4.79 Å². The number of anilines is 1. The van der Waals surface area contributed by atoms with Crippen LogP contribution in [0.15, 0.2) is 58.8 Å². The lowest BCUT2D eigenvalue weighted by molar-refractivity contribution is -0.109. The largest absolute Gasteiger partial charge is 0.350 e. The van der Waals surface area contributed by atoms with E-state index in [1.807, 2.05) is 24.3 Å². The molecule has 22 heavy (non-hydrogen) atoms. The van der Waals surface area contributed by atoms with Crippen LogP contribution in [0.1, 0.15) is 0 Å². The van der Waals surface area contributed by atoms with E-state index in [1.54, 1.807) is 18.2 Å². The summed E-state index contributed by atoms with van der Waals surface area (Å²) in [5.74, 6) is 0.305. The van der Waals surface area contributed by atoms with E-state index in [2.05, 4.69) is 15.6 Å². The van der Waals surface area contributed by atoms with Gasteiger partial charge in [0.25, 0.3) is 0 Å². The van der Waals surface area contributed by atoms with Gasteiger partial charge < -0.3 is 15.4 Å². The van der Waals surface area contributed by atoms with Crippen LogP contribution in [0.3, 0.4) is 0 Å². The quantitative estimate of drug-likeness (QED) is 0.813. The van der Waals surface area contributed by atoms with Crippen LogP contribution in [0.4, 0.5) is 5.69 Å². The molecule has 2 aliphatic rings. The van der Waals surface area contributed by atoms with Gasteiger partial charge in [0.15, 0.2) is 0 Å². The Morgan fingerprint density at radius 3 is 2.77 bits per heavy atom. The second kappa shape index (κ2) is 6.38. The van der Waals surface area contributed by atoms with Crippen LogP contribution in [0.5, 0.6) is 0 Å². The van der Waals surface area contributed by atoms with E-state index in [9.17, 15) is 4.79 Å². The molecule has 0 saturated heterocycles. The first-order valence-corrected chi connectivity index (χ1v) is 7.51. The van der Waals surface area contributed by atoms with E-state index in [1.165, 1.54) is 0 Å². The Hall–Kier alpha value is -2.04. The van der Waals surface area contributed by atoms with Gasteiger partial charge in [-0.05, 0) is 17.7 Å². The van der Waals surface area contributed by atoms with E-state index in [-0.39, 0.29) is 5.92 Å². The number of para-hydroxylation sites is 1. The second-order valence-corrected chi connectivity index (χ2v) is 5.66. The number of benzene rings is 1. The fourth-order valence-corrected chi connectivity index (χ4v) is 2.81. The molecule has 2 N–H and O–H groups in total. The Bertz CT molecular complexity index is 715. The standard InChI is InChI=1S/C16H13Cl2N3O/c17-12-6-3-7-13(18)15(12)21-16-19-8-14(20-16)11-5-2-1-4-10(11)9-22/h1-7,9-10H,8H2,(H2,19,20,21). The summed E-state index contributed by atoms with van der Waals surface area (Å²) in [6, 6.07) is 5.28.